The lowest BCUT2D eigenvalue weighted by Gasteiger charge is -2.22. The first-order chi connectivity index (χ1) is 13.9. The zero-order valence-corrected chi connectivity index (χ0v) is 16.5. The predicted molar refractivity (Wildman–Crippen MR) is 109 cm³/mol. The van der Waals surface area contributed by atoms with E-state index in [1.165, 1.54) is 11.9 Å². The third-order valence-electron chi connectivity index (χ3n) is 5.08. The maximum Gasteiger partial charge on any atom is 0.259 e. The van der Waals surface area contributed by atoms with Gasteiger partial charge >= 0.3 is 0 Å². The topological polar surface area (TPSA) is 79.3 Å². The van der Waals surface area contributed by atoms with Gasteiger partial charge in [0.25, 0.3) is 5.91 Å². The van der Waals surface area contributed by atoms with Gasteiger partial charge in [-0.3, -0.25) is 19.4 Å². The van der Waals surface area contributed by atoms with E-state index in [0.29, 0.717) is 23.7 Å². The molecule has 4 rings (SSSR count). The zero-order chi connectivity index (χ0) is 20.7. The van der Waals surface area contributed by atoms with Gasteiger partial charge in [-0.05, 0) is 55.8 Å². The minimum atomic E-state index is -0.910. The molecule has 0 saturated carbocycles. The highest BCUT2D eigenvalue weighted by atomic mass is 16.5. The van der Waals surface area contributed by atoms with Gasteiger partial charge in [0, 0.05) is 6.92 Å². The fourth-order valence-corrected chi connectivity index (χ4v) is 3.80. The second kappa shape index (κ2) is 7.16. The number of amides is 2. The number of hydrogen-bond donors (Lipinski definition) is 0. The number of aryl methyl sites for hydroxylation is 1. The van der Waals surface area contributed by atoms with Crippen LogP contribution in [0.25, 0.3) is 0 Å². The van der Waals surface area contributed by atoms with Crippen molar-refractivity contribution in [3.8, 4) is 5.75 Å². The van der Waals surface area contributed by atoms with E-state index in [2.05, 4.69) is 5.10 Å². The highest BCUT2D eigenvalue weighted by Crippen LogP contribution is 2.38. The Morgan fingerprint density at radius 3 is 2.41 bits per heavy atom. The van der Waals surface area contributed by atoms with Crippen molar-refractivity contribution in [2.75, 3.05) is 16.5 Å². The van der Waals surface area contributed by atoms with Gasteiger partial charge in [0.05, 0.1) is 18.0 Å². The summed E-state index contributed by atoms with van der Waals surface area (Å²) in [5, 5.41) is 5.87. The summed E-state index contributed by atoms with van der Waals surface area (Å²) in [5.41, 5.74) is 2.23. The van der Waals surface area contributed by atoms with Gasteiger partial charge in [-0.25, -0.2) is 4.90 Å². The van der Waals surface area contributed by atoms with Crippen LogP contribution in [0.2, 0.25) is 0 Å². The van der Waals surface area contributed by atoms with Gasteiger partial charge in [-0.2, -0.15) is 5.10 Å². The summed E-state index contributed by atoms with van der Waals surface area (Å²) in [6.45, 7) is 5.70. The zero-order valence-electron chi connectivity index (χ0n) is 16.5. The Hall–Kier alpha value is -3.48. The van der Waals surface area contributed by atoms with E-state index in [-0.39, 0.29) is 11.5 Å². The van der Waals surface area contributed by atoms with Crippen molar-refractivity contribution >= 4 is 34.7 Å². The summed E-state index contributed by atoms with van der Waals surface area (Å²) in [6, 6.07) is 13.4. The van der Waals surface area contributed by atoms with Crippen molar-refractivity contribution in [2.45, 2.75) is 26.8 Å². The number of anilines is 2. The Kier molecular flexibility index (Phi) is 4.66. The van der Waals surface area contributed by atoms with Crippen molar-refractivity contribution < 1.29 is 19.1 Å². The Labute approximate surface area is 168 Å². The smallest absolute Gasteiger partial charge is 0.259 e. The van der Waals surface area contributed by atoms with Crippen LogP contribution in [0.1, 0.15) is 19.4 Å². The second-order valence-corrected chi connectivity index (χ2v) is 7.09. The lowest BCUT2D eigenvalue weighted by Crippen LogP contribution is -2.39. The number of carbonyl (C=O) groups excluding carboxylic acids is 3. The first kappa shape index (κ1) is 18.9. The molecule has 2 aliphatic rings. The molecule has 0 radical (unpaired) electrons. The number of carbonyl (C=O) groups is 3. The molecular weight excluding hydrogens is 370 g/mol. The average molecular weight is 391 g/mol. The fourth-order valence-electron chi connectivity index (χ4n) is 3.80. The van der Waals surface area contributed by atoms with Gasteiger partial charge < -0.3 is 4.74 Å². The van der Waals surface area contributed by atoms with Crippen LogP contribution in [0.15, 0.2) is 53.6 Å². The monoisotopic (exact) mass is 391 g/mol. The van der Waals surface area contributed by atoms with Crippen LogP contribution in [-0.2, 0) is 14.4 Å². The molecule has 0 spiro atoms. The first-order valence-electron chi connectivity index (χ1n) is 9.48. The van der Waals surface area contributed by atoms with Crippen LogP contribution in [0, 0.1) is 12.8 Å². The van der Waals surface area contributed by atoms with Gasteiger partial charge in [-0.1, -0.05) is 12.1 Å². The summed E-state index contributed by atoms with van der Waals surface area (Å²) in [6.07, 6.45) is 0. The molecule has 29 heavy (non-hydrogen) atoms. The molecule has 7 heteroatoms. The van der Waals surface area contributed by atoms with Crippen molar-refractivity contribution in [2.24, 2.45) is 11.0 Å². The molecular formula is C22H21N3O4. The molecule has 0 unspecified atom stereocenters. The van der Waals surface area contributed by atoms with Gasteiger partial charge in [0.15, 0.2) is 5.78 Å². The predicted octanol–water partition coefficient (Wildman–Crippen LogP) is 2.72. The molecule has 7 nitrogen and oxygen atoms in total. The molecule has 2 atom stereocenters. The van der Waals surface area contributed by atoms with Crippen LogP contribution in [0.5, 0.6) is 5.75 Å². The molecule has 2 aromatic carbocycles. The SMILES string of the molecule is CCOc1ccc(N2C(=O)[C@@H]3C(C(C)=O)=NN(c4cccc(C)c4)[C@H]3C2=O)cc1. The van der Waals surface area contributed by atoms with Crippen LogP contribution in [0.3, 0.4) is 0 Å². The van der Waals surface area contributed by atoms with E-state index >= 15 is 0 Å². The molecule has 1 fully saturated rings. The molecule has 0 N–H and O–H groups in total. The molecule has 0 aromatic heterocycles. The van der Waals surface area contributed by atoms with Gasteiger partial charge in [0.2, 0.25) is 5.91 Å². The summed E-state index contributed by atoms with van der Waals surface area (Å²) in [4.78, 5) is 39.8. The number of Topliss-reactive ketones (excluding diaryl/α,β-unsaturated/α-hetero) is 1. The minimum Gasteiger partial charge on any atom is -0.494 e. The molecule has 148 valence electrons. The Balaban J connectivity index is 1.74. The average Bonchev–Trinajstić information content (AvgIpc) is 3.21. The van der Waals surface area contributed by atoms with E-state index < -0.39 is 23.8 Å². The van der Waals surface area contributed by atoms with Gasteiger partial charge in [0.1, 0.15) is 23.4 Å². The van der Waals surface area contributed by atoms with Crippen molar-refractivity contribution in [3.63, 3.8) is 0 Å². The summed E-state index contributed by atoms with van der Waals surface area (Å²) >= 11 is 0. The molecule has 0 bridgehead atoms. The van der Waals surface area contributed by atoms with E-state index in [1.54, 1.807) is 24.3 Å². The van der Waals surface area contributed by atoms with E-state index in [9.17, 15) is 14.4 Å². The first-order valence-corrected chi connectivity index (χ1v) is 9.48. The lowest BCUT2D eigenvalue weighted by atomic mass is 9.95. The minimum absolute atomic E-state index is 0.114. The largest absolute Gasteiger partial charge is 0.494 e. The Morgan fingerprint density at radius 1 is 1.07 bits per heavy atom. The van der Waals surface area contributed by atoms with E-state index in [4.69, 9.17) is 4.74 Å². The third-order valence-corrected chi connectivity index (χ3v) is 5.08. The molecule has 1 saturated heterocycles. The Morgan fingerprint density at radius 2 is 1.79 bits per heavy atom. The van der Waals surface area contributed by atoms with Crippen molar-refractivity contribution in [1.82, 2.24) is 0 Å². The van der Waals surface area contributed by atoms with E-state index in [0.717, 1.165) is 10.5 Å². The third kappa shape index (κ3) is 3.08. The highest BCUT2D eigenvalue weighted by molar-refractivity contribution is 6.48. The maximum atomic E-state index is 13.3. The van der Waals surface area contributed by atoms with Crippen LogP contribution in [-0.4, -0.2) is 36.0 Å². The standard InChI is InChI=1S/C22H21N3O4/c1-4-29-17-10-8-15(9-11-17)24-21(27)18-19(14(3)26)23-25(20(18)22(24)28)16-7-5-6-13(2)12-16/h5-12,18,20H,4H2,1-3H3/t18-,20-/m1/s1. The number of fused-ring (bicyclic) bond motifs is 1. The summed E-state index contributed by atoms with van der Waals surface area (Å²) in [7, 11) is 0. The quantitative estimate of drug-likeness (QED) is 0.733. The van der Waals surface area contributed by atoms with Crippen LogP contribution < -0.4 is 14.6 Å². The molecule has 2 aromatic rings. The molecule has 2 amide bonds. The number of benzene rings is 2. The maximum absolute atomic E-state index is 13.3. The lowest BCUT2D eigenvalue weighted by molar-refractivity contribution is -0.122. The fraction of sp³-hybridized carbons (Fsp3) is 0.273. The van der Waals surface area contributed by atoms with Crippen LogP contribution >= 0.6 is 0 Å². The number of nitrogens with zero attached hydrogens (tertiary/aromatic N) is 3. The van der Waals surface area contributed by atoms with Crippen LogP contribution in [0.4, 0.5) is 11.4 Å². The summed E-state index contributed by atoms with van der Waals surface area (Å²) < 4.78 is 5.43. The highest BCUT2D eigenvalue weighted by Gasteiger charge is 2.58. The molecule has 2 aliphatic heterocycles. The number of imide groups is 1. The normalized spacial score (nSPS) is 20.7. The number of rotatable bonds is 5. The number of ketones is 1. The van der Waals surface area contributed by atoms with Crippen molar-refractivity contribution in [3.05, 3.63) is 54.1 Å². The molecule has 0 aliphatic carbocycles. The molecule has 2 heterocycles. The van der Waals surface area contributed by atoms with Crippen molar-refractivity contribution in [1.29, 1.82) is 0 Å². The second-order valence-electron chi connectivity index (χ2n) is 7.09. The summed E-state index contributed by atoms with van der Waals surface area (Å²) in [5.74, 6) is -1.40. The van der Waals surface area contributed by atoms with E-state index in [1.807, 2.05) is 38.1 Å². The van der Waals surface area contributed by atoms with Gasteiger partial charge in [-0.15, -0.1) is 0 Å². The number of ether oxygens (including phenoxy) is 1. The Bertz CT molecular complexity index is 1030. The number of hydrogen-bond acceptors (Lipinski definition) is 6. The number of hydrazone groups is 1.